The molecule has 0 radical (unpaired) electrons. The lowest BCUT2D eigenvalue weighted by Crippen LogP contribution is -2.21. The molecule has 3 aromatic carbocycles. The van der Waals surface area contributed by atoms with Crippen LogP contribution >= 0.6 is 0 Å². The summed E-state index contributed by atoms with van der Waals surface area (Å²) in [5.41, 5.74) is 10.3. The summed E-state index contributed by atoms with van der Waals surface area (Å²) in [5, 5.41) is 33.0. The third-order valence-corrected chi connectivity index (χ3v) is 14.0. The number of rotatable bonds is 6. The normalized spacial score (nSPS) is 19.6. The molecule has 3 nitrogen and oxygen atoms in total. The molecule has 0 spiro atoms. The fraction of sp³-hybridized carbons (Fsp3) is 0.710. The van der Waals surface area contributed by atoms with E-state index < -0.39 is 0 Å². The Morgan fingerprint density at radius 2 is 0.477 bits per heavy atom. The van der Waals surface area contributed by atoms with Crippen molar-refractivity contribution in [3.05, 3.63) is 86.5 Å². The van der Waals surface area contributed by atoms with Crippen LogP contribution in [0.3, 0.4) is 0 Å². The van der Waals surface area contributed by atoms with Gasteiger partial charge in [-0.1, -0.05) is 210 Å². The van der Waals surface area contributed by atoms with Crippen LogP contribution < -0.4 is 0 Å². The maximum atomic E-state index is 11.1. The number of aromatic hydroxyl groups is 3. The molecular weight excluding hydrogens is 793 g/mol. The van der Waals surface area contributed by atoms with Gasteiger partial charge in [-0.25, -0.2) is 0 Å². The van der Waals surface area contributed by atoms with Crippen LogP contribution in [0.1, 0.15) is 263 Å². The van der Waals surface area contributed by atoms with Crippen LogP contribution in [0.5, 0.6) is 17.2 Å². The van der Waals surface area contributed by atoms with Gasteiger partial charge >= 0.3 is 0 Å². The monoisotopic (exact) mass is 901 g/mol. The maximum absolute atomic E-state index is 11.1. The SMILES string of the molecule is C.C.C.C.CC(C)(C)c1cc(CC2CCC(Cc3cc(C(C)(C)C)c(O)c(C(C)(C)C)c3)CC2)cc(C(C)(C)C)c1O.CC1CCC(Cc2cc(C(C)(C)C)c(O)c(C(C)(C)C)c2)CC1. The maximum Gasteiger partial charge on any atom is 0.123 e. The molecule has 0 heterocycles. The summed E-state index contributed by atoms with van der Waals surface area (Å²) in [4.78, 5) is 0. The van der Waals surface area contributed by atoms with Gasteiger partial charge in [-0.05, 0) is 164 Å². The summed E-state index contributed by atoms with van der Waals surface area (Å²) in [5.74, 6) is 4.59. The van der Waals surface area contributed by atoms with Crippen molar-refractivity contribution in [2.45, 2.75) is 264 Å². The minimum atomic E-state index is -0.0836. The van der Waals surface area contributed by atoms with Gasteiger partial charge < -0.3 is 15.3 Å². The van der Waals surface area contributed by atoms with Crippen LogP contribution in [0.15, 0.2) is 36.4 Å². The molecule has 0 bridgehead atoms. The van der Waals surface area contributed by atoms with Crippen molar-refractivity contribution in [3.63, 3.8) is 0 Å². The van der Waals surface area contributed by atoms with Crippen LogP contribution in [0.2, 0.25) is 0 Å². The number of benzene rings is 3. The molecule has 0 atom stereocenters. The third kappa shape index (κ3) is 16.7. The predicted octanol–water partition coefficient (Wildman–Crippen LogP) is 18.8. The van der Waals surface area contributed by atoms with Crippen LogP contribution in [0.4, 0.5) is 0 Å². The first kappa shape index (κ1) is 62.1. The van der Waals surface area contributed by atoms with E-state index in [1.165, 1.54) is 74.5 Å². The molecule has 2 aliphatic carbocycles. The lowest BCUT2D eigenvalue weighted by Gasteiger charge is -2.32. The lowest BCUT2D eigenvalue weighted by atomic mass is 9.73. The molecule has 5 rings (SSSR count). The highest BCUT2D eigenvalue weighted by Gasteiger charge is 2.31. The molecule has 3 N–H and O–H groups in total. The Hall–Kier alpha value is -2.94. The van der Waals surface area contributed by atoms with Crippen LogP contribution in [0.25, 0.3) is 0 Å². The van der Waals surface area contributed by atoms with Crippen molar-refractivity contribution in [3.8, 4) is 17.2 Å². The highest BCUT2D eigenvalue weighted by atomic mass is 16.3. The van der Waals surface area contributed by atoms with Gasteiger partial charge in [0.2, 0.25) is 0 Å². The molecule has 0 amide bonds. The van der Waals surface area contributed by atoms with Gasteiger partial charge in [0.15, 0.2) is 0 Å². The fourth-order valence-electron chi connectivity index (χ4n) is 10.0. The van der Waals surface area contributed by atoms with Gasteiger partial charge in [-0.2, -0.15) is 0 Å². The highest BCUT2D eigenvalue weighted by Crippen LogP contribution is 2.45. The molecule has 3 aromatic rings. The number of hydrogen-bond acceptors (Lipinski definition) is 3. The topological polar surface area (TPSA) is 60.7 Å². The molecule has 2 fully saturated rings. The summed E-state index contributed by atoms with van der Waals surface area (Å²) < 4.78 is 0. The van der Waals surface area contributed by atoms with Crippen LogP contribution in [-0.2, 0) is 51.8 Å². The number of phenols is 3. The highest BCUT2D eigenvalue weighted by molar-refractivity contribution is 5.52. The molecular formula is C62H108O3. The lowest BCUT2D eigenvalue weighted by molar-refractivity contribution is 0.272. The van der Waals surface area contributed by atoms with Crippen molar-refractivity contribution < 1.29 is 15.3 Å². The van der Waals surface area contributed by atoms with E-state index in [1.807, 2.05) is 0 Å². The fourth-order valence-corrected chi connectivity index (χ4v) is 10.0. The second kappa shape index (κ2) is 22.9. The molecule has 2 saturated carbocycles. The Morgan fingerprint density at radius 3 is 0.631 bits per heavy atom. The van der Waals surface area contributed by atoms with Gasteiger partial charge in [0, 0.05) is 0 Å². The standard InChI is InChI=1S/C36H56O2.C22H36O.4CH4/c1-33(2,3)27-19-25(20-28(31(27)37)34(4,5)6)17-23-13-15-24(16-14-23)18-26-21-29(35(7,8)9)32(38)30(22-26)36(10,11)12;1-15-8-10-16(11-9-15)12-17-13-18(21(2,3)4)20(23)19(14-17)22(5,6)7;;;;/h19-24,37-38H,13-18H2,1-12H3;13-16,23H,8-12H2,1-7H3;4*1H4. The summed E-state index contributed by atoms with van der Waals surface area (Å²) in [6.45, 7) is 41.9. The van der Waals surface area contributed by atoms with Crippen LogP contribution in [-0.4, -0.2) is 15.3 Å². The summed E-state index contributed by atoms with van der Waals surface area (Å²) in [6.07, 6.45) is 13.9. The van der Waals surface area contributed by atoms with E-state index in [4.69, 9.17) is 0 Å². The molecule has 65 heavy (non-hydrogen) atoms. The Kier molecular flexibility index (Phi) is 21.9. The van der Waals surface area contributed by atoms with Crippen molar-refractivity contribution in [1.29, 1.82) is 0 Å². The predicted molar refractivity (Wildman–Crippen MR) is 291 cm³/mol. The summed E-state index contributed by atoms with van der Waals surface area (Å²) in [6, 6.07) is 13.6. The van der Waals surface area contributed by atoms with Gasteiger partial charge in [-0.15, -0.1) is 0 Å². The quantitative estimate of drug-likeness (QED) is 0.231. The molecule has 0 saturated heterocycles. The average Bonchev–Trinajstić information content (AvgIpc) is 3.09. The second-order valence-corrected chi connectivity index (χ2v) is 26.2. The van der Waals surface area contributed by atoms with Gasteiger partial charge in [0.05, 0.1) is 0 Å². The van der Waals surface area contributed by atoms with Gasteiger partial charge in [-0.3, -0.25) is 0 Å². The zero-order valence-electron chi connectivity index (χ0n) is 42.9. The molecule has 0 aliphatic heterocycles. The largest absolute Gasteiger partial charge is 0.507 e. The average molecular weight is 902 g/mol. The first-order valence-corrected chi connectivity index (χ1v) is 24.3. The molecule has 2 aliphatic rings. The Bertz CT molecular complexity index is 1720. The molecule has 0 unspecified atom stereocenters. The van der Waals surface area contributed by atoms with Gasteiger partial charge in [0.25, 0.3) is 0 Å². The summed E-state index contributed by atoms with van der Waals surface area (Å²) in [7, 11) is 0. The van der Waals surface area contributed by atoms with E-state index in [0.29, 0.717) is 29.1 Å². The summed E-state index contributed by atoms with van der Waals surface area (Å²) >= 11 is 0. The minimum absolute atomic E-state index is 0. The zero-order chi connectivity index (χ0) is 46.3. The van der Waals surface area contributed by atoms with E-state index in [0.717, 1.165) is 58.1 Å². The Balaban J connectivity index is 0.00000131. The molecule has 3 heteroatoms. The first-order chi connectivity index (χ1) is 27.7. The van der Waals surface area contributed by atoms with Crippen molar-refractivity contribution >= 4 is 0 Å². The van der Waals surface area contributed by atoms with Crippen molar-refractivity contribution in [2.24, 2.45) is 23.7 Å². The van der Waals surface area contributed by atoms with Crippen LogP contribution in [0, 0.1) is 23.7 Å². The number of hydrogen-bond donors (Lipinski definition) is 3. The smallest absolute Gasteiger partial charge is 0.123 e. The Morgan fingerprint density at radius 1 is 0.323 bits per heavy atom. The first-order valence-electron chi connectivity index (χ1n) is 24.3. The third-order valence-electron chi connectivity index (χ3n) is 14.0. The minimum Gasteiger partial charge on any atom is -0.507 e. The van der Waals surface area contributed by atoms with Crippen molar-refractivity contribution in [1.82, 2.24) is 0 Å². The second-order valence-electron chi connectivity index (χ2n) is 26.2. The molecule has 0 aromatic heterocycles. The number of phenolic OH excluding ortho intramolecular Hbond substituents is 3. The van der Waals surface area contributed by atoms with E-state index in [2.05, 4.69) is 168 Å². The van der Waals surface area contributed by atoms with E-state index in [-0.39, 0.29) is 62.2 Å². The van der Waals surface area contributed by atoms with Crippen molar-refractivity contribution in [2.75, 3.05) is 0 Å². The van der Waals surface area contributed by atoms with E-state index >= 15 is 0 Å². The molecule has 374 valence electrons. The van der Waals surface area contributed by atoms with Gasteiger partial charge in [0.1, 0.15) is 17.2 Å². The van der Waals surface area contributed by atoms with E-state index in [1.54, 1.807) is 0 Å². The zero-order valence-corrected chi connectivity index (χ0v) is 42.9. The van der Waals surface area contributed by atoms with E-state index in [9.17, 15) is 15.3 Å². The Labute approximate surface area is 405 Å².